The van der Waals surface area contributed by atoms with Crippen molar-refractivity contribution in [2.45, 2.75) is 44.3 Å². The van der Waals surface area contributed by atoms with E-state index in [1.807, 2.05) is 6.92 Å². The average molecular weight is 309 g/mol. The number of benzene rings is 1. The highest BCUT2D eigenvalue weighted by atomic mass is 32.2. The first-order valence-electron chi connectivity index (χ1n) is 6.93. The highest BCUT2D eigenvalue weighted by Gasteiger charge is 2.09. The maximum absolute atomic E-state index is 13.3. The molecule has 0 aliphatic rings. The van der Waals surface area contributed by atoms with Gasteiger partial charge in [-0.2, -0.15) is 0 Å². The molecule has 1 aromatic carbocycles. The molecule has 1 N–H and O–H groups in total. The van der Waals surface area contributed by atoms with E-state index in [9.17, 15) is 4.39 Å². The van der Waals surface area contributed by atoms with Gasteiger partial charge in [0.15, 0.2) is 0 Å². The lowest BCUT2D eigenvalue weighted by Crippen LogP contribution is -2.27. The summed E-state index contributed by atoms with van der Waals surface area (Å²) in [5.41, 5.74) is 2.04. The Hall–Kier alpha value is -1.47. The maximum Gasteiger partial charge on any atom is 0.209 e. The molecule has 0 fully saturated rings. The third-order valence-electron chi connectivity index (χ3n) is 3.04. The molecule has 0 amide bonds. The Bertz CT molecular complexity index is 584. The van der Waals surface area contributed by atoms with Crippen molar-refractivity contribution in [2.75, 3.05) is 6.54 Å². The molecule has 2 aromatic rings. The van der Waals surface area contributed by atoms with E-state index in [2.05, 4.69) is 34.7 Å². The average Bonchev–Trinajstić information content (AvgIpc) is 2.87. The number of aryl methyl sites for hydroxylation is 1. The van der Waals surface area contributed by atoms with Crippen molar-refractivity contribution in [2.24, 2.45) is 0 Å². The Kier molecular flexibility index (Phi) is 5.69. The molecule has 0 unspecified atom stereocenters. The lowest BCUT2D eigenvalue weighted by molar-refractivity contribution is 0.485. The Labute approximate surface area is 128 Å². The van der Waals surface area contributed by atoms with Gasteiger partial charge in [0.1, 0.15) is 5.82 Å². The zero-order valence-corrected chi connectivity index (χ0v) is 13.3. The van der Waals surface area contributed by atoms with Crippen molar-refractivity contribution in [3.05, 3.63) is 35.1 Å². The number of hydrogen-bond donors (Lipinski definition) is 1. The van der Waals surface area contributed by atoms with Gasteiger partial charge in [-0.3, -0.25) is 0 Å². The van der Waals surface area contributed by atoms with Gasteiger partial charge in [0.05, 0.1) is 6.54 Å². The molecule has 0 radical (unpaired) electrons. The van der Waals surface area contributed by atoms with Crippen LogP contribution >= 0.6 is 11.8 Å². The summed E-state index contributed by atoms with van der Waals surface area (Å²) in [6, 6.07) is 5.27. The summed E-state index contributed by atoms with van der Waals surface area (Å²) in [4.78, 5) is 0. The number of rotatable bonds is 7. The first-order valence-corrected chi connectivity index (χ1v) is 7.92. The lowest BCUT2D eigenvalue weighted by Gasteiger charge is -2.09. The summed E-state index contributed by atoms with van der Waals surface area (Å²) >= 11 is 1.52. The Morgan fingerprint density at radius 2 is 2.19 bits per heavy atom. The van der Waals surface area contributed by atoms with Gasteiger partial charge in [-0.05, 0) is 40.6 Å². The van der Waals surface area contributed by atoms with Crippen LogP contribution in [0.25, 0.3) is 0 Å². The summed E-state index contributed by atoms with van der Waals surface area (Å²) in [5.74, 6) is 0.443. The minimum absolute atomic E-state index is 0.211. The van der Waals surface area contributed by atoms with Crippen molar-refractivity contribution >= 4 is 11.8 Å². The predicted octanol–water partition coefficient (Wildman–Crippen LogP) is 2.41. The zero-order valence-electron chi connectivity index (χ0n) is 12.5. The maximum atomic E-state index is 13.3. The van der Waals surface area contributed by atoms with Crippen molar-refractivity contribution < 1.29 is 4.39 Å². The number of nitrogens with zero attached hydrogens (tertiary/aromatic N) is 4. The van der Waals surface area contributed by atoms with E-state index in [0.717, 1.165) is 29.4 Å². The van der Waals surface area contributed by atoms with Crippen LogP contribution in [0, 0.1) is 12.7 Å². The molecule has 0 bridgehead atoms. The van der Waals surface area contributed by atoms with Crippen LogP contribution in [0.15, 0.2) is 23.4 Å². The third-order valence-corrected chi connectivity index (χ3v) is 4.05. The number of halogens is 1. The molecule has 1 aromatic heterocycles. The lowest BCUT2D eigenvalue weighted by atomic mass is 10.1. The number of tetrazole rings is 1. The Morgan fingerprint density at radius 1 is 1.38 bits per heavy atom. The number of nitrogens with one attached hydrogen (secondary N) is 1. The summed E-state index contributed by atoms with van der Waals surface area (Å²) in [7, 11) is 0. The minimum Gasteiger partial charge on any atom is -0.313 e. The molecule has 0 aliphatic carbocycles. The first-order chi connectivity index (χ1) is 10.1. The summed E-state index contributed by atoms with van der Waals surface area (Å²) in [5, 5.41) is 15.8. The highest BCUT2D eigenvalue weighted by molar-refractivity contribution is 7.98. The van der Waals surface area contributed by atoms with Gasteiger partial charge in [0.25, 0.3) is 0 Å². The molecule has 0 atom stereocenters. The van der Waals surface area contributed by atoms with Crippen LogP contribution < -0.4 is 5.32 Å². The van der Waals surface area contributed by atoms with Crippen LogP contribution in [0.4, 0.5) is 4.39 Å². The van der Waals surface area contributed by atoms with E-state index in [1.165, 1.54) is 17.8 Å². The second-order valence-electron chi connectivity index (χ2n) is 5.15. The van der Waals surface area contributed by atoms with Gasteiger partial charge >= 0.3 is 0 Å². The van der Waals surface area contributed by atoms with Crippen LogP contribution in [-0.2, 0) is 12.3 Å². The van der Waals surface area contributed by atoms with E-state index in [1.54, 1.807) is 16.8 Å². The highest BCUT2D eigenvalue weighted by Crippen LogP contribution is 2.22. The fourth-order valence-corrected chi connectivity index (χ4v) is 2.80. The molecule has 5 nitrogen and oxygen atoms in total. The largest absolute Gasteiger partial charge is 0.313 e. The van der Waals surface area contributed by atoms with Crippen LogP contribution in [0.1, 0.15) is 25.0 Å². The van der Waals surface area contributed by atoms with E-state index < -0.39 is 0 Å². The molecular formula is C14H20FN5S. The van der Waals surface area contributed by atoms with E-state index in [-0.39, 0.29) is 5.82 Å². The van der Waals surface area contributed by atoms with Gasteiger partial charge < -0.3 is 5.32 Å². The molecule has 114 valence electrons. The summed E-state index contributed by atoms with van der Waals surface area (Å²) < 4.78 is 15.0. The van der Waals surface area contributed by atoms with Gasteiger partial charge in [0, 0.05) is 18.3 Å². The van der Waals surface area contributed by atoms with Crippen LogP contribution in [0.2, 0.25) is 0 Å². The number of aromatic nitrogens is 4. The second-order valence-corrected chi connectivity index (χ2v) is 6.10. The van der Waals surface area contributed by atoms with E-state index in [0.29, 0.717) is 11.8 Å². The SMILES string of the molecule is Cc1ccc(F)cc1CSc1nnnn1CCNC(C)C. The summed E-state index contributed by atoms with van der Waals surface area (Å²) in [6.45, 7) is 7.71. The fraction of sp³-hybridized carbons (Fsp3) is 0.500. The minimum atomic E-state index is -0.211. The smallest absolute Gasteiger partial charge is 0.209 e. The van der Waals surface area contributed by atoms with Gasteiger partial charge in [0.2, 0.25) is 5.16 Å². The van der Waals surface area contributed by atoms with Crippen LogP contribution in [-0.4, -0.2) is 32.8 Å². The zero-order chi connectivity index (χ0) is 15.2. The van der Waals surface area contributed by atoms with Crippen LogP contribution in [0.5, 0.6) is 0 Å². The molecule has 2 rings (SSSR count). The molecule has 0 saturated carbocycles. The monoisotopic (exact) mass is 309 g/mol. The quantitative estimate of drug-likeness (QED) is 0.796. The molecule has 0 spiro atoms. The molecule has 1 heterocycles. The van der Waals surface area contributed by atoms with Gasteiger partial charge in [-0.25, -0.2) is 9.07 Å². The van der Waals surface area contributed by atoms with E-state index in [4.69, 9.17) is 0 Å². The molecule has 0 saturated heterocycles. The predicted molar refractivity (Wildman–Crippen MR) is 81.7 cm³/mol. The standard InChI is InChI=1S/C14H20FN5S/c1-10(2)16-6-7-20-14(17-18-19-20)21-9-12-8-13(15)5-4-11(12)3/h4-5,8,10,16H,6-7,9H2,1-3H3. The number of thioether (sulfide) groups is 1. The normalized spacial score (nSPS) is 11.3. The van der Waals surface area contributed by atoms with E-state index >= 15 is 0 Å². The molecule has 21 heavy (non-hydrogen) atoms. The van der Waals surface area contributed by atoms with Crippen molar-refractivity contribution in [1.29, 1.82) is 0 Å². The fourth-order valence-electron chi connectivity index (χ4n) is 1.84. The van der Waals surface area contributed by atoms with Crippen molar-refractivity contribution in [3.63, 3.8) is 0 Å². The molecular weight excluding hydrogens is 289 g/mol. The number of hydrogen-bond acceptors (Lipinski definition) is 5. The Morgan fingerprint density at radius 3 is 2.95 bits per heavy atom. The Balaban J connectivity index is 1.94. The third kappa shape index (κ3) is 4.78. The van der Waals surface area contributed by atoms with Crippen LogP contribution in [0.3, 0.4) is 0 Å². The molecule has 0 aliphatic heterocycles. The van der Waals surface area contributed by atoms with Crippen molar-refractivity contribution in [3.8, 4) is 0 Å². The summed E-state index contributed by atoms with van der Waals surface area (Å²) in [6.07, 6.45) is 0. The topological polar surface area (TPSA) is 55.6 Å². The van der Waals surface area contributed by atoms with Gasteiger partial charge in [-0.1, -0.05) is 31.7 Å². The molecule has 7 heteroatoms. The second kappa shape index (κ2) is 7.51. The van der Waals surface area contributed by atoms with Crippen molar-refractivity contribution in [1.82, 2.24) is 25.5 Å². The van der Waals surface area contributed by atoms with Gasteiger partial charge in [-0.15, -0.1) is 5.10 Å². The first kappa shape index (κ1) is 15.9.